The fourth-order valence-corrected chi connectivity index (χ4v) is 9.55. The van der Waals surface area contributed by atoms with E-state index in [-0.39, 0.29) is 55.5 Å². The number of nitriles is 1. The summed E-state index contributed by atoms with van der Waals surface area (Å²) in [6, 6.07) is 35.4. The molecule has 0 spiro atoms. The predicted molar refractivity (Wildman–Crippen MR) is 252 cm³/mol. The summed E-state index contributed by atoms with van der Waals surface area (Å²) < 4.78 is 51.6. The lowest BCUT2D eigenvalue weighted by Gasteiger charge is -2.17. The number of aryl methyl sites for hydroxylation is 2. The number of nitrogens with one attached hydrogen (secondary N) is 4. The topological polar surface area (TPSA) is 249 Å². The number of carbonyl (C=O) groups is 4. The van der Waals surface area contributed by atoms with Gasteiger partial charge in [-0.05, 0) is 117 Å². The minimum atomic E-state index is -3.93. The van der Waals surface area contributed by atoms with Crippen molar-refractivity contribution in [3.63, 3.8) is 0 Å². The molecule has 2 atom stereocenters. The molecular weight excluding hydrogens is 906 g/mol. The third kappa shape index (κ3) is 12.2. The van der Waals surface area contributed by atoms with E-state index in [1.54, 1.807) is 75.4 Å². The average Bonchev–Trinajstić information content (AvgIpc) is 3.29. The molecule has 0 fully saturated rings. The maximum absolute atomic E-state index is 13.0. The number of aromatic hydroxyl groups is 2. The molecular formula is C48H44ClN5O10S2. The van der Waals surface area contributed by atoms with E-state index < -0.39 is 53.8 Å². The van der Waals surface area contributed by atoms with Gasteiger partial charge in [-0.1, -0.05) is 61.0 Å². The molecule has 0 aliphatic rings. The van der Waals surface area contributed by atoms with E-state index in [1.165, 1.54) is 79.7 Å². The smallest absolute Gasteiger partial charge is 0.255 e. The van der Waals surface area contributed by atoms with Gasteiger partial charge in [0.15, 0.2) is 19.7 Å². The average molecular weight is 950 g/mol. The van der Waals surface area contributed by atoms with Gasteiger partial charge in [-0.2, -0.15) is 5.26 Å². The predicted octanol–water partition coefficient (Wildman–Crippen LogP) is 8.42. The summed E-state index contributed by atoms with van der Waals surface area (Å²) in [6.45, 7) is 6.40. The zero-order valence-corrected chi connectivity index (χ0v) is 38.3. The molecule has 0 heterocycles. The Kier molecular flexibility index (Phi) is 16.1. The second-order valence-electron chi connectivity index (χ2n) is 14.8. The number of benzene rings is 6. The van der Waals surface area contributed by atoms with Gasteiger partial charge in [-0.3, -0.25) is 19.2 Å². The highest BCUT2D eigenvalue weighted by Gasteiger charge is 2.33. The monoisotopic (exact) mass is 949 g/mol. The Morgan fingerprint density at radius 1 is 0.606 bits per heavy atom. The molecule has 340 valence electrons. The van der Waals surface area contributed by atoms with Crippen LogP contribution in [-0.4, -0.2) is 61.2 Å². The van der Waals surface area contributed by atoms with Gasteiger partial charge in [0, 0.05) is 28.9 Å². The zero-order valence-electron chi connectivity index (χ0n) is 35.9. The van der Waals surface area contributed by atoms with Crippen LogP contribution in [0.3, 0.4) is 0 Å². The van der Waals surface area contributed by atoms with E-state index in [2.05, 4.69) is 21.3 Å². The Morgan fingerprint density at radius 3 is 1.70 bits per heavy atom. The number of anilines is 4. The normalized spacial score (nSPS) is 11.9. The Bertz CT molecular complexity index is 3070. The Hall–Kier alpha value is -7.52. The summed E-state index contributed by atoms with van der Waals surface area (Å²) in [4.78, 5) is 50.2. The van der Waals surface area contributed by atoms with Crippen LogP contribution in [0, 0.1) is 25.2 Å². The molecule has 0 saturated carbocycles. The number of phenols is 2. The second-order valence-corrected chi connectivity index (χ2v) is 19.6. The van der Waals surface area contributed by atoms with E-state index in [1.807, 2.05) is 6.07 Å². The number of nitrogens with zero attached hydrogens (tertiary/aromatic N) is 1. The summed E-state index contributed by atoms with van der Waals surface area (Å²) in [5.74, 6) is -3.14. The lowest BCUT2D eigenvalue weighted by molar-refractivity contribution is -0.116. The van der Waals surface area contributed by atoms with E-state index in [9.17, 15) is 46.2 Å². The Balaban J connectivity index is 0.000000248. The molecule has 4 amide bonds. The SMILES string of the molecule is CCC(C(=O)Nc1ccc(NC(=O)c2ccc(C#N)cc2)c(O)c1)S(=O)(=O)c1cccc(C)c1.Cc1cccc(S(=O)(=O)C(C)C(=O)Nc2cc(O)c(NC(=O)c3ccccc3)cc2Cl)c1. The molecule has 0 aliphatic carbocycles. The standard InChI is InChI=1S/C25H23N3O5S.C23H21ClN2O5S/c1-3-23(34(32,33)20-6-4-5-16(2)13-20)25(31)27-19-11-12-21(22(29)14-19)28-24(30)18-9-7-17(15-26)8-10-18;1-14-7-6-10-17(11-14)32(30,31)15(2)22(28)25-19-13-21(27)20(12-18(19)24)26-23(29)16-8-4-3-5-9-16/h4-14,23,29H,3H2,1-2H3,(H,27,31)(H,28,30);3-13,15,27H,1-2H3,(H,25,28)(H,26,29). The maximum atomic E-state index is 13.0. The number of phenolic OH excluding ortho intramolecular Hbond substituents is 2. The van der Waals surface area contributed by atoms with Gasteiger partial charge in [-0.25, -0.2) is 16.8 Å². The van der Waals surface area contributed by atoms with Crippen LogP contribution >= 0.6 is 11.6 Å². The van der Waals surface area contributed by atoms with Crippen LogP contribution in [0.25, 0.3) is 0 Å². The number of rotatable bonds is 13. The first kappa shape index (κ1) is 49.5. The van der Waals surface area contributed by atoms with Crippen LogP contribution in [0.15, 0.2) is 143 Å². The van der Waals surface area contributed by atoms with Gasteiger partial charge < -0.3 is 31.5 Å². The fourth-order valence-electron chi connectivity index (χ4n) is 6.24. The third-order valence-electron chi connectivity index (χ3n) is 9.93. The third-order valence-corrected chi connectivity index (χ3v) is 14.5. The molecule has 2 unspecified atom stereocenters. The molecule has 15 nitrogen and oxygen atoms in total. The second kappa shape index (κ2) is 21.4. The summed E-state index contributed by atoms with van der Waals surface area (Å²) in [5, 5.41) is 36.8. The maximum Gasteiger partial charge on any atom is 0.255 e. The van der Waals surface area contributed by atoms with Gasteiger partial charge >= 0.3 is 0 Å². The molecule has 0 aliphatic heterocycles. The largest absolute Gasteiger partial charge is 0.506 e. The van der Waals surface area contributed by atoms with Crippen molar-refractivity contribution in [2.75, 3.05) is 21.3 Å². The molecule has 18 heteroatoms. The number of carbonyl (C=O) groups excluding carboxylic acids is 4. The first-order chi connectivity index (χ1) is 31.2. The number of sulfone groups is 2. The fraction of sp³-hybridized carbons (Fsp3) is 0.146. The van der Waals surface area contributed by atoms with Gasteiger partial charge in [0.1, 0.15) is 22.0 Å². The van der Waals surface area contributed by atoms with Gasteiger partial charge in [0.05, 0.1) is 43.5 Å². The van der Waals surface area contributed by atoms with Crippen molar-refractivity contribution in [3.05, 3.63) is 166 Å². The molecule has 0 radical (unpaired) electrons. The Morgan fingerprint density at radius 2 is 1.15 bits per heavy atom. The van der Waals surface area contributed by atoms with Crippen molar-refractivity contribution in [1.29, 1.82) is 5.26 Å². The van der Waals surface area contributed by atoms with Crippen molar-refractivity contribution in [2.45, 2.75) is 54.4 Å². The summed E-state index contributed by atoms with van der Waals surface area (Å²) in [6.07, 6.45) is 0.0623. The molecule has 6 N–H and O–H groups in total. The lowest BCUT2D eigenvalue weighted by Crippen LogP contribution is -2.34. The van der Waals surface area contributed by atoms with Crippen LogP contribution in [0.2, 0.25) is 5.02 Å². The Labute approximate surface area is 386 Å². The van der Waals surface area contributed by atoms with Gasteiger partial charge in [0.2, 0.25) is 11.8 Å². The van der Waals surface area contributed by atoms with E-state index in [4.69, 9.17) is 16.9 Å². The first-order valence-electron chi connectivity index (χ1n) is 20.0. The van der Waals surface area contributed by atoms with E-state index in [0.717, 1.165) is 17.2 Å². The highest BCUT2D eigenvalue weighted by Crippen LogP contribution is 2.35. The highest BCUT2D eigenvalue weighted by molar-refractivity contribution is 7.93. The van der Waals surface area contributed by atoms with Crippen LogP contribution < -0.4 is 21.3 Å². The lowest BCUT2D eigenvalue weighted by atomic mass is 10.1. The van der Waals surface area contributed by atoms with Gasteiger partial charge in [-0.15, -0.1) is 0 Å². The van der Waals surface area contributed by atoms with Crippen molar-refractivity contribution in [2.24, 2.45) is 0 Å². The number of hydrogen-bond acceptors (Lipinski definition) is 11. The molecule has 66 heavy (non-hydrogen) atoms. The quantitative estimate of drug-likeness (QED) is 0.0600. The molecule has 0 aromatic heterocycles. The first-order valence-corrected chi connectivity index (χ1v) is 23.5. The van der Waals surface area contributed by atoms with Crippen LogP contribution in [0.1, 0.15) is 57.7 Å². The van der Waals surface area contributed by atoms with Crippen LogP contribution in [-0.2, 0) is 29.3 Å². The van der Waals surface area contributed by atoms with Crippen molar-refractivity contribution in [1.82, 2.24) is 0 Å². The minimum Gasteiger partial charge on any atom is -0.506 e. The number of amides is 4. The van der Waals surface area contributed by atoms with Crippen LogP contribution in [0.4, 0.5) is 22.7 Å². The molecule has 6 rings (SSSR count). The van der Waals surface area contributed by atoms with E-state index >= 15 is 0 Å². The van der Waals surface area contributed by atoms with Gasteiger partial charge in [0.25, 0.3) is 11.8 Å². The van der Waals surface area contributed by atoms with Crippen molar-refractivity contribution in [3.8, 4) is 17.6 Å². The molecule has 0 saturated heterocycles. The summed E-state index contributed by atoms with van der Waals surface area (Å²) >= 11 is 6.21. The zero-order chi connectivity index (χ0) is 48.3. The summed E-state index contributed by atoms with van der Waals surface area (Å²) in [5.41, 5.74) is 2.94. The summed E-state index contributed by atoms with van der Waals surface area (Å²) in [7, 11) is -7.85. The molecule has 6 aromatic carbocycles. The number of halogens is 1. The molecule has 0 bridgehead atoms. The van der Waals surface area contributed by atoms with Crippen molar-refractivity contribution < 1.29 is 46.2 Å². The number of hydrogen-bond donors (Lipinski definition) is 6. The highest BCUT2D eigenvalue weighted by atomic mass is 35.5. The van der Waals surface area contributed by atoms with Crippen molar-refractivity contribution >= 4 is 77.7 Å². The minimum absolute atomic E-state index is 0.0122. The van der Waals surface area contributed by atoms with E-state index in [0.29, 0.717) is 16.7 Å². The van der Waals surface area contributed by atoms with Crippen LogP contribution in [0.5, 0.6) is 11.5 Å². The molecule has 6 aromatic rings.